The van der Waals surface area contributed by atoms with Gasteiger partial charge >= 0.3 is 5.69 Å². The molecule has 0 aliphatic rings. The van der Waals surface area contributed by atoms with E-state index < -0.39 is 11.2 Å². The number of aryl methyl sites for hydroxylation is 2. The molecule has 0 saturated heterocycles. The molecular formula is C20H17N5O2. The van der Waals surface area contributed by atoms with Gasteiger partial charge in [0.25, 0.3) is 5.56 Å². The summed E-state index contributed by atoms with van der Waals surface area (Å²) < 4.78 is 2.56. The molecule has 0 bridgehead atoms. The second kappa shape index (κ2) is 6.60. The fraction of sp³-hybridized carbons (Fsp3) is 0.150. The number of hydrogen-bond acceptors (Lipinski definition) is 5. The van der Waals surface area contributed by atoms with Crippen LogP contribution in [0.5, 0.6) is 0 Å². The fourth-order valence-electron chi connectivity index (χ4n) is 2.94. The zero-order valence-corrected chi connectivity index (χ0v) is 15.0. The molecule has 1 aromatic carbocycles. The molecule has 7 nitrogen and oxygen atoms in total. The Hall–Kier alpha value is -3.61. The van der Waals surface area contributed by atoms with Crippen molar-refractivity contribution in [1.29, 1.82) is 0 Å². The lowest BCUT2D eigenvalue weighted by molar-refractivity contribution is 0.655. The van der Waals surface area contributed by atoms with E-state index in [9.17, 15) is 9.59 Å². The third-order valence-electron chi connectivity index (χ3n) is 4.45. The quantitative estimate of drug-likeness (QED) is 0.558. The molecule has 3 aromatic heterocycles. The van der Waals surface area contributed by atoms with Crippen LogP contribution in [0.1, 0.15) is 11.1 Å². The van der Waals surface area contributed by atoms with Gasteiger partial charge in [0.05, 0.1) is 6.54 Å². The van der Waals surface area contributed by atoms with Crippen LogP contribution < -0.4 is 11.2 Å². The summed E-state index contributed by atoms with van der Waals surface area (Å²) >= 11 is 0. The van der Waals surface area contributed by atoms with Crippen molar-refractivity contribution in [1.82, 2.24) is 24.1 Å². The van der Waals surface area contributed by atoms with Crippen molar-refractivity contribution in [3.63, 3.8) is 0 Å². The maximum absolute atomic E-state index is 12.8. The Morgan fingerprint density at radius 3 is 2.52 bits per heavy atom. The standard InChI is InChI=1S/C20H17N5O2/c1-13-5-7-15(8-6-13)17-22-11-16-18(23-17)24(2)20(27)25(19(16)26)12-14-4-3-9-21-10-14/h3-11H,12H2,1-2H3. The van der Waals surface area contributed by atoms with Gasteiger partial charge in [-0.1, -0.05) is 35.9 Å². The zero-order chi connectivity index (χ0) is 19.0. The molecule has 4 rings (SSSR count). The summed E-state index contributed by atoms with van der Waals surface area (Å²) in [6, 6.07) is 11.3. The molecule has 0 aliphatic heterocycles. The number of aromatic nitrogens is 5. The van der Waals surface area contributed by atoms with E-state index in [2.05, 4.69) is 15.0 Å². The molecule has 0 N–H and O–H groups in total. The third kappa shape index (κ3) is 3.03. The van der Waals surface area contributed by atoms with Crippen LogP contribution in [0.2, 0.25) is 0 Å². The molecule has 134 valence electrons. The second-order valence-electron chi connectivity index (χ2n) is 6.39. The fourth-order valence-corrected chi connectivity index (χ4v) is 2.94. The highest BCUT2D eigenvalue weighted by molar-refractivity contribution is 5.75. The Labute approximate surface area is 154 Å². The Kier molecular flexibility index (Phi) is 4.12. The minimum atomic E-state index is -0.426. The maximum Gasteiger partial charge on any atom is 0.332 e. The Morgan fingerprint density at radius 1 is 1.04 bits per heavy atom. The summed E-state index contributed by atoms with van der Waals surface area (Å²) in [7, 11) is 1.61. The monoisotopic (exact) mass is 359 g/mol. The molecule has 0 amide bonds. The van der Waals surface area contributed by atoms with Crippen molar-refractivity contribution in [2.75, 3.05) is 0 Å². The van der Waals surface area contributed by atoms with Gasteiger partial charge in [0, 0.05) is 31.2 Å². The SMILES string of the molecule is Cc1ccc(-c2ncc3c(=O)n(Cc4cccnc4)c(=O)n(C)c3n2)cc1. The van der Waals surface area contributed by atoms with Crippen molar-refractivity contribution < 1.29 is 0 Å². The van der Waals surface area contributed by atoms with Crippen molar-refractivity contribution in [3.05, 3.63) is 87.0 Å². The summed E-state index contributed by atoms with van der Waals surface area (Å²) in [4.78, 5) is 38.4. The predicted octanol–water partition coefficient (Wildman–Crippen LogP) is 1.91. The Balaban J connectivity index is 1.88. The molecule has 0 radical (unpaired) electrons. The average molecular weight is 359 g/mol. The van der Waals surface area contributed by atoms with Gasteiger partial charge in [-0.15, -0.1) is 0 Å². The van der Waals surface area contributed by atoms with Gasteiger partial charge in [0.15, 0.2) is 11.5 Å². The highest BCUT2D eigenvalue weighted by Gasteiger charge is 2.14. The van der Waals surface area contributed by atoms with Gasteiger partial charge in [0.2, 0.25) is 0 Å². The molecule has 0 aliphatic carbocycles. The van der Waals surface area contributed by atoms with E-state index in [1.165, 1.54) is 15.3 Å². The molecule has 0 fully saturated rings. The molecule has 4 aromatic rings. The zero-order valence-electron chi connectivity index (χ0n) is 15.0. The third-order valence-corrected chi connectivity index (χ3v) is 4.45. The van der Waals surface area contributed by atoms with Crippen LogP contribution in [0.3, 0.4) is 0 Å². The average Bonchev–Trinajstić information content (AvgIpc) is 2.70. The predicted molar refractivity (Wildman–Crippen MR) is 103 cm³/mol. The number of rotatable bonds is 3. The van der Waals surface area contributed by atoms with E-state index >= 15 is 0 Å². The Morgan fingerprint density at radius 2 is 1.81 bits per heavy atom. The lowest BCUT2D eigenvalue weighted by Gasteiger charge is -2.11. The van der Waals surface area contributed by atoms with Crippen molar-refractivity contribution in [2.45, 2.75) is 13.5 Å². The number of hydrogen-bond donors (Lipinski definition) is 0. The Bertz CT molecular complexity index is 1240. The first-order valence-corrected chi connectivity index (χ1v) is 8.47. The first-order chi connectivity index (χ1) is 13.0. The van der Waals surface area contributed by atoms with Gasteiger partial charge in [-0.05, 0) is 18.6 Å². The van der Waals surface area contributed by atoms with Gasteiger partial charge in [-0.3, -0.25) is 18.9 Å². The van der Waals surface area contributed by atoms with E-state index in [1.54, 1.807) is 25.5 Å². The van der Waals surface area contributed by atoms with Crippen molar-refractivity contribution in [3.8, 4) is 11.4 Å². The maximum atomic E-state index is 12.8. The highest BCUT2D eigenvalue weighted by Crippen LogP contribution is 2.17. The molecule has 0 saturated carbocycles. The molecular weight excluding hydrogens is 342 g/mol. The summed E-state index contributed by atoms with van der Waals surface area (Å²) in [5.74, 6) is 0.474. The van der Waals surface area contributed by atoms with Crippen molar-refractivity contribution >= 4 is 11.0 Å². The van der Waals surface area contributed by atoms with E-state index in [0.29, 0.717) is 16.9 Å². The number of nitrogens with zero attached hydrogens (tertiary/aromatic N) is 5. The minimum Gasteiger partial charge on any atom is -0.280 e. The van der Waals surface area contributed by atoms with Gasteiger partial charge in [-0.2, -0.15) is 0 Å². The summed E-state index contributed by atoms with van der Waals surface area (Å²) in [6.45, 7) is 2.15. The minimum absolute atomic E-state index is 0.148. The summed E-state index contributed by atoms with van der Waals surface area (Å²) in [5, 5.41) is 0.303. The van der Waals surface area contributed by atoms with Crippen LogP contribution in [-0.2, 0) is 13.6 Å². The smallest absolute Gasteiger partial charge is 0.280 e. The van der Waals surface area contributed by atoms with Crippen LogP contribution in [0.4, 0.5) is 0 Å². The summed E-state index contributed by atoms with van der Waals surface area (Å²) in [6.07, 6.45) is 4.76. The summed E-state index contributed by atoms with van der Waals surface area (Å²) in [5.41, 5.74) is 2.21. The molecule has 0 spiro atoms. The molecule has 3 heterocycles. The highest BCUT2D eigenvalue weighted by atomic mass is 16.2. The van der Waals surface area contributed by atoms with E-state index in [1.807, 2.05) is 37.3 Å². The van der Waals surface area contributed by atoms with E-state index in [0.717, 1.165) is 16.7 Å². The van der Waals surface area contributed by atoms with Crippen molar-refractivity contribution in [2.24, 2.45) is 7.05 Å². The normalized spacial score (nSPS) is 11.0. The van der Waals surface area contributed by atoms with Crippen LogP contribution in [0, 0.1) is 6.92 Å². The first kappa shape index (κ1) is 16.8. The van der Waals surface area contributed by atoms with Crippen LogP contribution in [0.25, 0.3) is 22.4 Å². The van der Waals surface area contributed by atoms with E-state index in [-0.39, 0.29) is 6.54 Å². The number of benzene rings is 1. The largest absolute Gasteiger partial charge is 0.332 e. The van der Waals surface area contributed by atoms with Crippen LogP contribution in [0.15, 0.2) is 64.6 Å². The molecule has 0 unspecified atom stereocenters. The lowest BCUT2D eigenvalue weighted by atomic mass is 10.1. The second-order valence-corrected chi connectivity index (χ2v) is 6.39. The molecule has 27 heavy (non-hydrogen) atoms. The van der Waals surface area contributed by atoms with E-state index in [4.69, 9.17) is 0 Å². The number of fused-ring (bicyclic) bond motifs is 1. The number of pyridine rings is 1. The topological polar surface area (TPSA) is 82.7 Å². The molecule has 7 heteroatoms. The molecule has 0 atom stereocenters. The van der Waals surface area contributed by atoms with Gasteiger partial charge in [0.1, 0.15) is 5.39 Å². The van der Waals surface area contributed by atoms with Crippen LogP contribution >= 0.6 is 0 Å². The lowest BCUT2D eigenvalue weighted by Crippen LogP contribution is -2.39. The van der Waals surface area contributed by atoms with Crippen LogP contribution in [-0.4, -0.2) is 24.1 Å². The van der Waals surface area contributed by atoms with Gasteiger partial charge in [-0.25, -0.2) is 14.8 Å². The first-order valence-electron chi connectivity index (χ1n) is 8.47. The van der Waals surface area contributed by atoms with Gasteiger partial charge < -0.3 is 0 Å².